The van der Waals surface area contributed by atoms with Crippen LogP contribution in [0.25, 0.3) is 0 Å². The first kappa shape index (κ1) is 24.4. The normalized spacial score (nSPS) is 30.6. The molecule has 0 spiro atoms. The second-order valence-corrected chi connectivity index (χ2v) is 10.9. The predicted molar refractivity (Wildman–Crippen MR) is 125 cm³/mol. The van der Waals surface area contributed by atoms with Crippen molar-refractivity contribution in [3.63, 3.8) is 0 Å². The fraction of sp³-hybridized carbons (Fsp3) is 0.560. The summed E-state index contributed by atoms with van der Waals surface area (Å²) in [5, 5.41) is 16.1. The number of nitrogens with zero attached hydrogens (tertiary/aromatic N) is 2. The Kier molecular flexibility index (Phi) is 6.48. The van der Waals surface area contributed by atoms with E-state index in [1.807, 2.05) is 5.38 Å². The molecule has 3 aliphatic rings. The van der Waals surface area contributed by atoms with Crippen LogP contribution in [0.2, 0.25) is 0 Å². The quantitative estimate of drug-likeness (QED) is 0.579. The molecular formula is C25H28F3N3O3S. The summed E-state index contributed by atoms with van der Waals surface area (Å²) in [5.41, 5.74) is -1.57. The van der Waals surface area contributed by atoms with Gasteiger partial charge < -0.3 is 10.4 Å². The average Bonchev–Trinajstić information content (AvgIpc) is 3.19. The molecule has 35 heavy (non-hydrogen) atoms. The van der Waals surface area contributed by atoms with Gasteiger partial charge in [-0.05, 0) is 55.7 Å². The van der Waals surface area contributed by atoms with E-state index in [-0.39, 0.29) is 30.2 Å². The molecule has 3 atom stereocenters. The van der Waals surface area contributed by atoms with Crippen LogP contribution in [-0.2, 0) is 21.4 Å². The number of halogens is 3. The smallest absolute Gasteiger partial charge is 0.383 e. The van der Waals surface area contributed by atoms with Crippen LogP contribution in [0.3, 0.4) is 0 Å². The average molecular weight is 508 g/mol. The minimum atomic E-state index is -4.48. The summed E-state index contributed by atoms with van der Waals surface area (Å²) in [5.74, 6) is 0.256. The Morgan fingerprint density at radius 2 is 1.89 bits per heavy atom. The molecular weight excluding hydrogens is 479 g/mol. The summed E-state index contributed by atoms with van der Waals surface area (Å²) >= 11 is 1.50. The Morgan fingerprint density at radius 1 is 1.17 bits per heavy atom. The molecule has 3 fully saturated rings. The van der Waals surface area contributed by atoms with Gasteiger partial charge in [0, 0.05) is 55.2 Å². The second-order valence-electron chi connectivity index (χ2n) is 10.0. The van der Waals surface area contributed by atoms with Gasteiger partial charge in [-0.1, -0.05) is 6.07 Å². The highest BCUT2D eigenvalue weighted by atomic mass is 32.1. The molecule has 5 rings (SSSR count). The molecule has 2 heterocycles. The molecule has 1 unspecified atom stereocenters. The Hall–Kier alpha value is -2.30. The molecule has 0 bridgehead atoms. The van der Waals surface area contributed by atoms with Gasteiger partial charge in [0.25, 0.3) is 0 Å². The van der Waals surface area contributed by atoms with E-state index in [0.29, 0.717) is 30.7 Å². The molecule has 2 aromatic rings. The molecule has 10 heteroatoms. The van der Waals surface area contributed by atoms with Crippen LogP contribution in [0, 0.1) is 17.8 Å². The van der Waals surface area contributed by atoms with Gasteiger partial charge in [0.15, 0.2) is 0 Å². The van der Waals surface area contributed by atoms with E-state index in [0.717, 1.165) is 43.1 Å². The van der Waals surface area contributed by atoms with E-state index in [2.05, 4.69) is 15.2 Å². The molecule has 1 aliphatic heterocycles. The van der Waals surface area contributed by atoms with Crippen LogP contribution in [0.4, 0.5) is 18.9 Å². The van der Waals surface area contributed by atoms with Gasteiger partial charge in [-0.2, -0.15) is 13.2 Å². The van der Waals surface area contributed by atoms with E-state index in [1.54, 1.807) is 6.20 Å². The largest absolute Gasteiger partial charge is 0.416 e. The zero-order valence-electron chi connectivity index (χ0n) is 19.1. The summed E-state index contributed by atoms with van der Waals surface area (Å²) in [6, 6.07) is 4.90. The lowest BCUT2D eigenvalue weighted by Crippen LogP contribution is -2.43. The number of thiazole rings is 1. The zero-order valence-corrected chi connectivity index (χ0v) is 19.9. The molecule has 2 saturated carbocycles. The number of rotatable bonds is 7. The SMILES string of the molecule is O=C(CCC(=O)C1[C@H]2CN(C3CCC(O)(c4nccs4)CC3)C[C@@H]12)Nc1cccc(C(F)(F)F)c1. The number of benzene rings is 1. The van der Waals surface area contributed by atoms with Crippen molar-refractivity contribution in [2.45, 2.75) is 56.3 Å². The number of likely N-dealkylation sites (tertiary alicyclic amines) is 1. The number of ketones is 1. The van der Waals surface area contributed by atoms with Gasteiger partial charge in [-0.25, -0.2) is 4.98 Å². The number of Topliss-reactive ketones (excluding diaryl/α,β-unsaturated/α-hetero) is 1. The molecule has 6 nitrogen and oxygen atoms in total. The first-order chi connectivity index (χ1) is 16.6. The number of piperidine rings is 1. The number of anilines is 1. The number of nitrogens with one attached hydrogen (secondary N) is 1. The zero-order chi connectivity index (χ0) is 24.8. The minimum Gasteiger partial charge on any atom is -0.383 e. The third-order valence-corrected chi connectivity index (χ3v) is 8.76. The lowest BCUT2D eigenvalue weighted by Gasteiger charge is -2.39. The van der Waals surface area contributed by atoms with Crippen LogP contribution in [0.15, 0.2) is 35.8 Å². The number of aliphatic hydroxyl groups is 1. The van der Waals surface area contributed by atoms with Crippen LogP contribution in [0.1, 0.15) is 49.1 Å². The highest BCUT2D eigenvalue weighted by Gasteiger charge is 2.59. The number of fused-ring (bicyclic) bond motifs is 1. The number of amides is 1. The third-order valence-electron chi connectivity index (χ3n) is 7.80. The van der Waals surface area contributed by atoms with Crippen molar-refractivity contribution in [2.75, 3.05) is 18.4 Å². The summed E-state index contributed by atoms with van der Waals surface area (Å²) in [7, 11) is 0. The standard InChI is InChI=1S/C25H28F3N3O3S/c26-25(27,28)15-2-1-3-16(12-15)30-21(33)5-4-20(32)22-18-13-31(14-19(18)22)17-6-8-24(34,9-7-17)23-29-10-11-35-23/h1-3,10-12,17-19,22,34H,4-9,13-14H2,(H,30,33)/t17?,18-,19+,22?,24?. The Bertz CT molecular complexity index is 1070. The van der Waals surface area contributed by atoms with E-state index < -0.39 is 23.2 Å². The van der Waals surface area contributed by atoms with Crippen molar-refractivity contribution in [1.29, 1.82) is 0 Å². The number of hydrogen-bond donors (Lipinski definition) is 2. The molecule has 188 valence electrons. The molecule has 2 N–H and O–H groups in total. The summed E-state index contributed by atoms with van der Waals surface area (Å²) in [4.78, 5) is 31.6. The van der Waals surface area contributed by atoms with Crippen LogP contribution in [-0.4, -0.2) is 45.8 Å². The second kappa shape index (κ2) is 9.29. The lowest BCUT2D eigenvalue weighted by atomic mass is 9.82. The molecule has 0 radical (unpaired) electrons. The van der Waals surface area contributed by atoms with Crippen LogP contribution >= 0.6 is 11.3 Å². The van der Waals surface area contributed by atoms with E-state index in [4.69, 9.17) is 0 Å². The van der Waals surface area contributed by atoms with Gasteiger partial charge in [0.2, 0.25) is 5.91 Å². The van der Waals surface area contributed by atoms with E-state index >= 15 is 0 Å². The van der Waals surface area contributed by atoms with Crippen LogP contribution in [0.5, 0.6) is 0 Å². The first-order valence-electron chi connectivity index (χ1n) is 12.0. The van der Waals surface area contributed by atoms with Gasteiger partial charge in [0.1, 0.15) is 16.4 Å². The lowest BCUT2D eigenvalue weighted by molar-refractivity contribution is -0.137. The highest BCUT2D eigenvalue weighted by Crippen LogP contribution is 2.54. The summed E-state index contributed by atoms with van der Waals surface area (Å²) in [6.45, 7) is 1.75. The van der Waals surface area contributed by atoms with Crippen molar-refractivity contribution in [3.05, 3.63) is 46.4 Å². The Balaban J connectivity index is 1.05. The van der Waals surface area contributed by atoms with Crippen LogP contribution < -0.4 is 5.32 Å². The number of carbonyl (C=O) groups is 2. The molecule has 1 saturated heterocycles. The van der Waals surface area contributed by atoms with Gasteiger partial charge in [-0.3, -0.25) is 14.5 Å². The van der Waals surface area contributed by atoms with E-state index in [9.17, 15) is 27.9 Å². The monoisotopic (exact) mass is 507 g/mol. The topological polar surface area (TPSA) is 82.5 Å². The van der Waals surface area contributed by atoms with Crippen molar-refractivity contribution in [2.24, 2.45) is 17.8 Å². The van der Waals surface area contributed by atoms with Gasteiger partial charge >= 0.3 is 6.18 Å². The molecule has 1 amide bonds. The molecule has 1 aromatic carbocycles. The Labute approximate surface area is 205 Å². The first-order valence-corrected chi connectivity index (χ1v) is 12.9. The van der Waals surface area contributed by atoms with E-state index in [1.165, 1.54) is 23.5 Å². The van der Waals surface area contributed by atoms with Crippen molar-refractivity contribution in [1.82, 2.24) is 9.88 Å². The number of hydrogen-bond acceptors (Lipinski definition) is 6. The number of aromatic nitrogens is 1. The molecule has 1 aromatic heterocycles. The number of alkyl halides is 3. The maximum Gasteiger partial charge on any atom is 0.416 e. The summed E-state index contributed by atoms with van der Waals surface area (Å²) < 4.78 is 38.5. The maximum atomic E-state index is 12.8. The van der Waals surface area contributed by atoms with Gasteiger partial charge in [-0.15, -0.1) is 11.3 Å². The van der Waals surface area contributed by atoms with Crippen molar-refractivity contribution >= 4 is 28.7 Å². The summed E-state index contributed by atoms with van der Waals surface area (Å²) in [6.07, 6.45) is 0.520. The Morgan fingerprint density at radius 3 is 2.51 bits per heavy atom. The van der Waals surface area contributed by atoms with Gasteiger partial charge in [0.05, 0.1) is 5.56 Å². The highest BCUT2D eigenvalue weighted by molar-refractivity contribution is 7.09. The minimum absolute atomic E-state index is 0.0107. The molecule has 2 aliphatic carbocycles. The third kappa shape index (κ3) is 5.15. The fourth-order valence-corrected chi connectivity index (χ4v) is 6.64. The fourth-order valence-electron chi connectivity index (χ4n) is 5.85. The van der Waals surface area contributed by atoms with Crippen molar-refractivity contribution < 1.29 is 27.9 Å². The maximum absolute atomic E-state index is 12.8. The number of carbonyl (C=O) groups excluding carboxylic acids is 2. The van der Waals surface area contributed by atoms with Crippen molar-refractivity contribution in [3.8, 4) is 0 Å². The predicted octanol–water partition coefficient (Wildman–Crippen LogP) is 4.46.